The highest BCUT2D eigenvalue weighted by Crippen LogP contribution is 2.44. The Balaban J connectivity index is 1.71. The monoisotopic (exact) mass is 560 g/mol. The number of amides is 1. The van der Waals surface area contributed by atoms with Gasteiger partial charge in [0, 0.05) is 53.4 Å². The maximum Gasteiger partial charge on any atom is 0.473 e. The molecule has 1 aromatic carbocycles. The molecule has 12 heteroatoms. The van der Waals surface area contributed by atoms with Crippen LogP contribution in [0.5, 0.6) is 0 Å². The largest absolute Gasteiger partial charge is 0.473 e. The molecule has 0 radical (unpaired) electrons. The standard InChI is InChI=1S/C28H29N6O5P/c1-4-38-40(36,37)39-19-34-18-26(21-10-11-30-24(14-21)16-29)25-15-22(17-31-28(25)34)20-7-5-8-23(13-20)32-27(35)9-6-12-33(2)3/h5-11,13-15,17-18H,4,12,19H2,1-3H3,(H,32,35)(H,36,37)/b9-6+. The number of anilines is 1. The van der Waals surface area contributed by atoms with Crippen molar-refractivity contribution in [1.29, 1.82) is 5.26 Å². The normalized spacial score (nSPS) is 13.0. The van der Waals surface area contributed by atoms with Gasteiger partial charge in [-0.25, -0.2) is 14.5 Å². The molecule has 206 valence electrons. The molecular formula is C28H29N6O5P. The number of hydrogen-bond acceptors (Lipinski definition) is 8. The van der Waals surface area contributed by atoms with Crippen LogP contribution in [0.1, 0.15) is 12.6 Å². The van der Waals surface area contributed by atoms with E-state index in [4.69, 9.17) is 9.05 Å². The van der Waals surface area contributed by atoms with Gasteiger partial charge in [-0.1, -0.05) is 18.2 Å². The molecule has 0 spiro atoms. The molecule has 3 aromatic heterocycles. The van der Waals surface area contributed by atoms with Crippen LogP contribution in [0.15, 0.2) is 73.2 Å². The van der Waals surface area contributed by atoms with E-state index in [1.165, 1.54) is 6.08 Å². The number of carbonyl (C=O) groups excluding carboxylic acids is 1. The van der Waals surface area contributed by atoms with Crippen LogP contribution >= 0.6 is 7.82 Å². The summed E-state index contributed by atoms with van der Waals surface area (Å²) in [6, 6.07) is 14.8. The topological polar surface area (TPSA) is 143 Å². The van der Waals surface area contributed by atoms with Gasteiger partial charge in [0.1, 0.15) is 24.1 Å². The smallest absolute Gasteiger partial charge is 0.323 e. The first-order valence-corrected chi connectivity index (χ1v) is 13.9. The first-order valence-electron chi connectivity index (χ1n) is 12.4. The average Bonchev–Trinajstić information content (AvgIpc) is 3.30. The summed E-state index contributed by atoms with van der Waals surface area (Å²) in [7, 11) is -0.396. The van der Waals surface area contributed by atoms with Crippen molar-refractivity contribution in [2.75, 3.05) is 32.6 Å². The Labute approximate surface area is 231 Å². The Morgan fingerprint density at radius 3 is 2.75 bits per heavy atom. The van der Waals surface area contributed by atoms with Gasteiger partial charge in [-0.2, -0.15) is 5.26 Å². The number of rotatable bonds is 11. The fourth-order valence-electron chi connectivity index (χ4n) is 3.98. The van der Waals surface area contributed by atoms with E-state index in [2.05, 4.69) is 15.3 Å². The van der Waals surface area contributed by atoms with Crippen molar-refractivity contribution in [2.45, 2.75) is 13.7 Å². The Hall–Kier alpha value is -4.17. The highest BCUT2D eigenvalue weighted by atomic mass is 31.2. The van der Waals surface area contributed by atoms with Crippen molar-refractivity contribution < 1.29 is 23.3 Å². The molecule has 0 saturated carbocycles. The summed E-state index contributed by atoms with van der Waals surface area (Å²) >= 11 is 0. The lowest BCUT2D eigenvalue weighted by atomic mass is 10.0. The summed E-state index contributed by atoms with van der Waals surface area (Å²) in [5, 5.41) is 12.9. The third-order valence-corrected chi connectivity index (χ3v) is 6.78. The zero-order chi connectivity index (χ0) is 28.7. The minimum absolute atomic E-state index is 0.0207. The Bertz CT molecular complexity index is 1640. The number of fused-ring (bicyclic) bond motifs is 1. The van der Waals surface area contributed by atoms with Crippen molar-refractivity contribution in [3.63, 3.8) is 0 Å². The predicted octanol–water partition coefficient (Wildman–Crippen LogP) is 4.80. The summed E-state index contributed by atoms with van der Waals surface area (Å²) in [5.74, 6) is -0.230. The number of nitriles is 1. The fourth-order valence-corrected chi connectivity index (χ4v) is 4.65. The van der Waals surface area contributed by atoms with Gasteiger partial charge in [-0.15, -0.1) is 0 Å². The zero-order valence-electron chi connectivity index (χ0n) is 22.3. The number of hydrogen-bond donors (Lipinski definition) is 2. The van der Waals surface area contributed by atoms with Crippen LogP contribution < -0.4 is 5.32 Å². The minimum atomic E-state index is -4.24. The summed E-state index contributed by atoms with van der Waals surface area (Å²) < 4.78 is 23.7. The van der Waals surface area contributed by atoms with Crippen LogP contribution in [0.2, 0.25) is 0 Å². The van der Waals surface area contributed by atoms with Gasteiger partial charge >= 0.3 is 7.82 Å². The molecule has 4 aromatic rings. The molecule has 0 fully saturated rings. The second-order valence-corrected chi connectivity index (χ2v) is 10.5. The third-order valence-electron chi connectivity index (χ3n) is 5.75. The average molecular weight is 561 g/mol. The van der Waals surface area contributed by atoms with Gasteiger partial charge in [-0.3, -0.25) is 13.8 Å². The van der Waals surface area contributed by atoms with Gasteiger partial charge < -0.3 is 19.7 Å². The molecule has 1 amide bonds. The van der Waals surface area contributed by atoms with Gasteiger partial charge in [0.2, 0.25) is 5.91 Å². The first-order chi connectivity index (χ1) is 19.2. The number of nitrogens with one attached hydrogen (secondary N) is 1. The molecule has 0 aliphatic carbocycles. The van der Waals surface area contributed by atoms with Gasteiger partial charge in [0.25, 0.3) is 0 Å². The number of benzene rings is 1. The quantitative estimate of drug-likeness (QED) is 0.195. The van der Waals surface area contributed by atoms with Crippen LogP contribution in [-0.4, -0.2) is 57.5 Å². The lowest BCUT2D eigenvalue weighted by Crippen LogP contribution is -2.12. The number of pyridine rings is 2. The van der Waals surface area contributed by atoms with E-state index in [1.54, 1.807) is 54.4 Å². The maximum atomic E-state index is 12.3. The van der Waals surface area contributed by atoms with Crippen LogP contribution in [0, 0.1) is 11.3 Å². The SMILES string of the molecule is CCOP(=O)(O)OCn1cc(-c2ccnc(C#N)c2)c2cc(-c3cccc(NC(=O)/C=C/CN(C)C)c3)cnc21. The van der Waals surface area contributed by atoms with E-state index >= 15 is 0 Å². The highest BCUT2D eigenvalue weighted by molar-refractivity contribution is 7.47. The molecular weight excluding hydrogens is 531 g/mol. The number of nitrogens with zero attached hydrogens (tertiary/aromatic N) is 5. The lowest BCUT2D eigenvalue weighted by Gasteiger charge is -2.12. The first kappa shape index (κ1) is 28.8. The Morgan fingerprint density at radius 1 is 1.18 bits per heavy atom. The van der Waals surface area contributed by atoms with Gasteiger partial charge in [-0.05, 0) is 62.5 Å². The molecule has 0 saturated heterocycles. The molecule has 0 bridgehead atoms. The maximum absolute atomic E-state index is 12.3. The van der Waals surface area contributed by atoms with E-state index in [9.17, 15) is 19.5 Å². The number of aromatic nitrogens is 3. The van der Waals surface area contributed by atoms with E-state index in [1.807, 2.05) is 49.3 Å². The summed E-state index contributed by atoms with van der Waals surface area (Å²) in [4.78, 5) is 32.8. The fraction of sp³-hybridized carbons (Fsp3) is 0.214. The number of phosphoric ester groups is 1. The molecule has 40 heavy (non-hydrogen) atoms. The van der Waals surface area contributed by atoms with Gasteiger partial charge in [0.15, 0.2) is 0 Å². The van der Waals surface area contributed by atoms with E-state index < -0.39 is 7.82 Å². The van der Waals surface area contributed by atoms with Crippen molar-refractivity contribution in [3.8, 4) is 28.3 Å². The second kappa shape index (κ2) is 12.8. The number of likely N-dealkylation sites (N-methyl/N-ethyl adjacent to an activating group) is 1. The molecule has 1 unspecified atom stereocenters. The molecule has 2 N–H and O–H groups in total. The molecule has 0 aliphatic heterocycles. The van der Waals surface area contributed by atoms with Crippen molar-refractivity contribution in [3.05, 3.63) is 78.9 Å². The molecule has 3 heterocycles. The Morgan fingerprint density at radius 2 is 2.00 bits per heavy atom. The van der Waals surface area contributed by atoms with Crippen molar-refractivity contribution in [1.82, 2.24) is 19.4 Å². The molecule has 1 atom stereocenters. The van der Waals surface area contributed by atoms with E-state index in [-0.39, 0.29) is 24.9 Å². The predicted molar refractivity (Wildman–Crippen MR) is 152 cm³/mol. The van der Waals surface area contributed by atoms with E-state index in [0.717, 1.165) is 27.6 Å². The number of carbonyl (C=O) groups is 1. The van der Waals surface area contributed by atoms with Crippen LogP contribution in [0.3, 0.4) is 0 Å². The van der Waals surface area contributed by atoms with Gasteiger partial charge in [0.05, 0.1) is 6.61 Å². The van der Waals surface area contributed by atoms with Crippen molar-refractivity contribution >= 4 is 30.5 Å². The molecule has 11 nitrogen and oxygen atoms in total. The summed E-state index contributed by atoms with van der Waals surface area (Å²) in [6.07, 6.45) is 8.24. The summed E-state index contributed by atoms with van der Waals surface area (Å²) in [6.45, 7) is 1.99. The zero-order valence-corrected chi connectivity index (χ0v) is 23.2. The number of phosphoric acid groups is 1. The van der Waals surface area contributed by atoms with Crippen molar-refractivity contribution in [2.24, 2.45) is 0 Å². The second-order valence-electron chi connectivity index (χ2n) is 9.03. The summed E-state index contributed by atoms with van der Waals surface area (Å²) in [5.41, 5.74) is 4.43. The molecule has 0 aliphatic rings. The minimum Gasteiger partial charge on any atom is -0.323 e. The third kappa shape index (κ3) is 7.27. The van der Waals surface area contributed by atoms with Crippen LogP contribution in [0.4, 0.5) is 5.69 Å². The van der Waals surface area contributed by atoms with Crippen LogP contribution in [0.25, 0.3) is 33.3 Å². The van der Waals surface area contributed by atoms with E-state index in [0.29, 0.717) is 17.9 Å². The highest BCUT2D eigenvalue weighted by Gasteiger charge is 2.22. The molecule has 4 rings (SSSR count). The van der Waals surface area contributed by atoms with Crippen LogP contribution in [-0.2, 0) is 25.1 Å². The lowest BCUT2D eigenvalue weighted by molar-refractivity contribution is -0.111. The Kier molecular flexibility index (Phi) is 9.22.